The lowest BCUT2D eigenvalue weighted by Gasteiger charge is -2.17. The van der Waals surface area contributed by atoms with Crippen LogP contribution in [0.2, 0.25) is 0 Å². The van der Waals surface area contributed by atoms with Crippen LogP contribution in [0.3, 0.4) is 0 Å². The minimum Gasteiger partial charge on any atom is -0.479 e. The Hall–Kier alpha value is -1.10. The quantitative estimate of drug-likeness (QED) is 0.683. The van der Waals surface area contributed by atoms with Crippen molar-refractivity contribution < 1.29 is 24.2 Å². The fraction of sp³-hybridized carbons (Fsp3) is 0.800. The van der Waals surface area contributed by atoms with Gasteiger partial charge in [0, 0.05) is 0 Å². The van der Waals surface area contributed by atoms with Crippen LogP contribution >= 0.6 is 0 Å². The van der Waals surface area contributed by atoms with Gasteiger partial charge in [-0.25, -0.2) is 4.79 Å². The third-order valence-corrected chi connectivity index (χ3v) is 3.14. The molecular formula is C10H14O5. The predicted molar refractivity (Wildman–Crippen MR) is 49.1 cm³/mol. The molecule has 5 nitrogen and oxygen atoms in total. The van der Waals surface area contributed by atoms with Crippen molar-refractivity contribution in [3.63, 3.8) is 0 Å². The van der Waals surface area contributed by atoms with E-state index >= 15 is 0 Å². The Balaban J connectivity index is 1.90. The van der Waals surface area contributed by atoms with Crippen molar-refractivity contribution >= 4 is 11.9 Å². The third kappa shape index (κ3) is 1.84. The normalized spacial score (nSPS) is 37.9. The molecule has 1 N–H and O–H groups in total. The number of carboxylic acid groups (broad SMARTS) is 1. The topological polar surface area (TPSA) is 72.8 Å². The number of carbonyl (C=O) groups is 2. The van der Waals surface area contributed by atoms with E-state index in [0.717, 1.165) is 0 Å². The van der Waals surface area contributed by atoms with Crippen molar-refractivity contribution in [2.24, 2.45) is 17.8 Å². The Labute approximate surface area is 87.4 Å². The van der Waals surface area contributed by atoms with Crippen molar-refractivity contribution in [2.45, 2.75) is 19.4 Å². The molecule has 0 aromatic heterocycles. The molecule has 2 rings (SSSR count). The van der Waals surface area contributed by atoms with E-state index in [1.807, 2.05) is 0 Å². The van der Waals surface area contributed by atoms with Crippen LogP contribution in [0.15, 0.2) is 0 Å². The molecule has 5 heteroatoms. The van der Waals surface area contributed by atoms with E-state index in [1.165, 1.54) is 0 Å². The van der Waals surface area contributed by atoms with Gasteiger partial charge in [0.25, 0.3) is 0 Å². The Bertz CT molecular complexity index is 288. The lowest BCUT2D eigenvalue weighted by atomic mass is 10.1. The van der Waals surface area contributed by atoms with Gasteiger partial charge in [0.2, 0.25) is 0 Å². The summed E-state index contributed by atoms with van der Waals surface area (Å²) in [4.78, 5) is 22.1. The first kappa shape index (κ1) is 10.4. The predicted octanol–water partition coefficient (Wildman–Crippen LogP) is 0.285. The first-order chi connectivity index (χ1) is 7.15. The Morgan fingerprint density at radius 2 is 2.20 bits per heavy atom. The SMILES string of the molecule is CCOC(=O)[C@@H]1[C@@H]2CO[C@H](C(=O)O)C[C@@H]21. The summed E-state index contributed by atoms with van der Waals surface area (Å²) in [6.07, 6.45) is -0.311. The number of esters is 1. The highest BCUT2D eigenvalue weighted by atomic mass is 16.5. The van der Waals surface area contributed by atoms with Crippen LogP contribution in [0.1, 0.15) is 13.3 Å². The van der Waals surface area contributed by atoms with Gasteiger partial charge in [0.05, 0.1) is 19.1 Å². The van der Waals surface area contributed by atoms with Gasteiger partial charge >= 0.3 is 11.9 Å². The number of fused-ring (bicyclic) bond motifs is 1. The van der Waals surface area contributed by atoms with Crippen LogP contribution in [0.25, 0.3) is 0 Å². The van der Waals surface area contributed by atoms with Gasteiger partial charge in [0.15, 0.2) is 6.10 Å². The number of hydrogen-bond donors (Lipinski definition) is 1. The first-order valence-corrected chi connectivity index (χ1v) is 5.16. The van der Waals surface area contributed by atoms with E-state index in [-0.39, 0.29) is 23.7 Å². The molecule has 1 aliphatic carbocycles. The van der Waals surface area contributed by atoms with Gasteiger partial charge < -0.3 is 14.6 Å². The minimum absolute atomic E-state index is 0.130. The molecule has 0 aromatic carbocycles. The molecule has 1 heterocycles. The van der Waals surface area contributed by atoms with Crippen molar-refractivity contribution in [2.75, 3.05) is 13.2 Å². The number of carbonyl (C=O) groups excluding carboxylic acids is 1. The second-order valence-corrected chi connectivity index (χ2v) is 4.00. The van der Waals surface area contributed by atoms with Crippen molar-refractivity contribution in [3.8, 4) is 0 Å². The average Bonchev–Trinajstić information content (AvgIpc) is 2.90. The zero-order chi connectivity index (χ0) is 11.0. The number of ether oxygens (including phenoxy) is 2. The van der Waals surface area contributed by atoms with E-state index in [2.05, 4.69) is 0 Å². The largest absolute Gasteiger partial charge is 0.479 e. The maximum atomic E-state index is 11.4. The summed E-state index contributed by atoms with van der Waals surface area (Å²) in [7, 11) is 0. The van der Waals surface area contributed by atoms with Crippen LogP contribution in [0.5, 0.6) is 0 Å². The lowest BCUT2D eigenvalue weighted by Crippen LogP contribution is -2.28. The highest BCUT2D eigenvalue weighted by Gasteiger charge is 2.59. The molecule has 2 fully saturated rings. The fourth-order valence-electron chi connectivity index (χ4n) is 2.30. The Kier molecular flexibility index (Phi) is 2.65. The minimum atomic E-state index is -0.942. The molecule has 84 valence electrons. The van der Waals surface area contributed by atoms with Gasteiger partial charge in [-0.15, -0.1) is 0 Å². The molecule has 2 aliphatic rings. The second-order valence-electron chi connectivity index (χ2n) is 4.00. The van der Waals surface area contributed by atoms with E-state index in [4.69, 9.17) is 14.6 Å². The highest BCUT2D eigenvalue weighted by Crippen LogP contribution is 2.53. The van der Waals surface area contributed by atoms with Crippen LogP contribution in [-0.4, -0.2) is 36.4 Å². The molecule has 1 aliphatic heterocycles. The Morgan fingerprint density at radius 3 is 2.80 bits per heavy atom. The maximum absolute atomic E-state index is 11.4. The van der Waals surface area contributed by atoms with Gasteiger partial charge in [-0.3, -0.25) is 4.79 Å². The van der Waals surface area contributed by atoms with Crippen molar-refractivity contribution in [1.82, 2.24) is 0 Å². The number of carboxylic acids is 1. The summed E-state index contributed by atoms with van der Waals surface area (Å²) in [5, 5.41) is 8.76. The summed E-state index contributed by atoms with van der Waals surface area (Å²) in [5.74, 6) is -0.946. The zero-order valence-corrected chi connectivity index (χ0v) is 8.51. The number of hydrogen-bond acceptors (Lipinski definition) is 4. The van der Waals surface area contributed by atoms with Crippen LogP contribution in [0, 0.1) is 17.8 Å². The third-order valence-electron chi connectivity index (χ3n) is 3.14. The zero-order valence-electron chi connectivity index (χ0n) is 8.51. The van der Waals surface area contributed by atoms with Gasteiger partial charge in [-0.05, 0) is 25.2 Å². The summed E-state index contributed by atoms with van der Waals surface area (Å²) >= 11 is 0. The van der Waals surface area contributed by atoms with Crippen molar-refractivity contribution in [3.05, 3.63) is 0 Å². The standard InChI is InChI=1S/C10H14O5/c1-2-14-10(13)8-5-3-7(9(11)12)15-4-6(5)8/h5-8H,2-4H2,1H3,(H,11,12)/t5-,6+,7-,8-/m0/s1. The molecule has 4 atom stereocenters. The molecule has 0 radical (unpaired) electrons. The maximum Gasteiger partial charge on any atom is 0.332 e. The summed E-state index contributed by atoms with van der Waals surface area (Å²) in [5.41, 5.74) is 0. The molecule has 1 saturated carbocycles. The van der Waals surface area contributed by atoms with Crippen LogP contribution < -0.4 is 0 Å². The molecule has 15 heavy (non-hydrogen) atoms. The first-order valence-electron chi connectivity index (χ1n) is 5.16. The summed E-state index contributed by atoms with van der Waals surface area (Å²) < 4.78 is 10.1. The summed E-state index contributed by atoms with van der Waals surface area (Å²) in [6, 6.07) is 0. The Morgan fingerprint density at radius 1 is 1.47 bits per heavy atom. The molecular weight excluding hydrogens is 200 g/mol. The summed E-state index contributed by atoms with van der Waals surface area (Å²) in [6.45, 7) is 2.50. The highest BCUT2D eigenvalue weighted by molar-refractivity contribution is 5.78. The van der Waals surface area contributed by atoms with E-state index in [9.17, 15) is 9.59 Å². The lowest BCUT2D eigenvalue weighted by molar-refractivity contribution is -0.153. The smallest absolute Gasteiger partial charge is 0.332 e. The second kappa shape index (κ2) is 3.81. The molecule has 0 unspecified atom stereocenters. The van der Waals surface area contributed by atoms with E-state index < -0.39 is 12.1 Å². The fourth-order valence-corrected chi connectivity index (χ4v) is 2.30. The molecule has 0 amide bonds. The van der Waals surface area contributed by atoms with Gasteiger partial charge in [0.1, 0.15) is 0 Å². The van der Waals surface area contributed by atoms with Gasteiger partial charge in [-0.1, -0.05) is 0 Å². The van der Waals surface area contributed by atoms with Gasteiger partial charge in [-0.2, -0.15) is 0 Å². The molecule has 1 saturated heterocycles. The van der Waals surface area contributed by atoms with Crippen LogP contribution in [-0.2, 0) is 19.1 Å². The average molecular weight is 214 g/mol. The number of aliphatic carboxylic acids is 1. The molecule has 0 aromatic rings. The number of rotatable bonds is 3. The molecule has 0 bridgehead atoms. The monoisotopic (exact) mass is 214 g/mol. The van der Waals surface area contributed by atoms with Crippen LogP contribution in [0.4, 0.5) is 0 Å². The van der Waals surface area contributed by atoms with E-state index in [1.54, 1.807) is 6.92 Å². The molecule has 0 spiro atoms. The van der Waals surface area contributed by atoms with Crippen molar-refractivity contribution in [1.29, 1.82) is 0 Å². The van der Waals surface area contributed by atoms with E-state index in [0.29, 0.717) is 19.6 Å².